The van der Waals surface area contributed by atoms with E-state index in [0.29, 0.717) is 0 Å². The number of ether oxygens (including phenoxy) is 2. The smallest absolute Gasteiger partial charge is 0.251 e. The maximum Gasteiger partial charge on any atom is 0.251 e. The van der Waals surface area contributed by atoms with Crippen molar-refractivity contribution in [2.75, 3.05) is 11.9 Å². The molecule has 2 heterocycles. The second-order valence-electron chi connectivity index (χ2n) is 6.48. The Morgan fingerprint density at radius 1 is 1.13 bits per heavy atom. The topological polar surface area (TPSA) is 59.6 Å². The van der Waals surface area contributed by atoms with E-state index in [0.717, 1.165) is 62.3 Å². The van der Waals surface area contributed by atoms with E-state index in [2.05, 4.69) is 10.6 Å². The van der Waals surface area contributed by atoms with Crippen molar-refractivity contribution in [3.63, 3.8) is 0 Å². The molecule has 1 aromatic carbocycles. The number of hydrogen-bond acceptors (Lipinski definition) is 4. The van der Waals surface area contributed by atoms with Crippen LogP contribution < -0.4 is 20.1 Å². The number of anilines is 1. The van der Waals surface area contributed by atoms with Crippen LogP contribution >= 0.6 is 12.4 Å². The van der Waals surface area contributed by atoms with Gasteiger partial charge in [-0.25, -0.2) is 0 Å². The minimum absolute atomic E-state index is 0. The number of amides is 1. The molecule has 126 valence electrons. The van der Waals surface area contributed by atoms with Gasteiger partial charge in [-0.15, -0.1) is 12.4 Å². The van der Waals surface area contributed by atoms with Gasteiger partial charge in [0.15, 0.2) is 11.5 Å². The average molecular weight is 339 g/mol. The lowest BCUT2D eigenvalue weighted by Gasteiger charge is -2.31. The molecular weight excluding hydrogens is 316 g/mol. The highest BCUT2D eigenvalue weighted by Crippen LogP contribution is 2.46. The maximum absolute atomic E-state index is 12.2. The van der Waals surface area contributed by atoms with E-state index in [-0.39, 0.29) is 24.4 Å². The van der Waals surface area contributed by atoms with Gasteiger partial charge in [-0.2, -0.15) is 0 Å². The van der Waals surface area contributed by atoms with Gasteiger partial charge < -0.3 is 20.1 Å². The standard InChI is InChI=1S/C17H22N2O3.ClH/c20-16(13-5-4-10-18-13)19-12-6-7-14-15(11-12)22-17(21-14)8-2-1-3-9-17;/h6-7,11,13,18H,1-5,8-10H2,(H,19,20);1H. The molecule has 1 saturated heterocycles. The number of rotatable bonds is 2. The summed E-state index contributed by atoms with van der Waals surface area (Å²) in [5.41, 5.74) is 0.772. The van der Waals surface area contributed by atoms with E-state index in [1.54, 1.807) is 0 Å². The van der Waals surface area contributed by atoms with Gasteiger partial charge in [-0.05, 0) is 44.4 Å². The van der Waals surface area contributed by atoms with Crippen molar-refractivity contribution in [3.05, 3.63) is 18.2 Å². The number of benzene rings is 1. The zero-order valence-electron chi connectivity index (χ0n) is 13.1. The van der Waals surface area contributed by atoms with Crippen LogP contribution in [-0.4, -0.2) is 24.3 Å². The van der Waals surface area contributed by atoms with Gasteiger partial charge >= 0.3 is 0 Å². The van der Waals surface area contributed by atoms with E-state index in [9.17, 15) is 4.79 Å². The first-order chi connectivity index (χ1) is 10.7. The predicted octanol–water partition coefficient (Wildman–Crippen LogP) is 3.23. The Morgan fingerprint density at radius 2 is 1.91 bits per heavy atom. The van der Waals surface area contributed by atoms with E-state index in [1.165, 1.54) is 6.42 Å². The van der Waals surface area contributed by atoms with E-state index in [4.69, 9.17) is 9.47 Å². The summed E-state index contributed by atoms with van der Waals surface area (Å²) in [6, 6.07) is 5.59. The van der Waals surface area contributed by atoms with Crippen molar-refractivity contribution in [1.29, 1.82) is 0 Å². The molecular formula is C17H23ClN2O3. The van der Waals surface area contributed by atoms with Gasteiger partial charge in [-0.1, -0.05) is 6.42 Å². The average Bonchev–Trinajstić information content (AvgIpc) is 3.15. The quantitative estimate of drug-likeness (QED) is 0.869. The highest BCUT2D eigenvalue weighted by Gasteiger charge is 2.42. The van der Waals surface area contributed by atoms with Gasteiger partial charge in [0.25, 0.3) is 5.79 Å². The molecule has 6 heteroatoms. The molecule has 1 saturated carbocycles. The summed E-state index contributed by atoms with van der Waals surface area (Å²) < 4.78 is 12.1. The fourth-order valence-corrected chi connectivity index (χ4v) is 3.60. The monoisotopic (exact) mass is 338 g/mol. The van der Waals surface area contributed by atoms with Gasteiger partial charge in [0.1, 0.15) is 0 Å². The van der Waals surface area contributed by atoms with E-state index in [1.807, 2.05) is 18.2 Å². The minimum Gasteiger partial charge on any atom is -0.448 e. The van der Waals surface area contributed by atoms with E-state index >= 15 is 0 Å². The summed E-state index contributed by atoms with van der Waals surface area (Å²) in [6.07, 6.45) is 7.38. The zero-order chi connectivity index (χ0) is 15.0. The van der Waals surface area contributed by atoms with Crippen LogP contribution in [0.15, 0.2) is 18.2 Å². The Balaban J connectivity index is 0.00000156. The third-order valence-corrected chi connectivity index (χ3v) is 4.80. The Morgan fingerprint density at radius 3 is 2.65 bits per heavy atom. The molecule has 0 radical (unpaired) electrons. The van der Waals surface area contributed by atoms with Crippen LogP contribution in [0.25, 0.3) is 0 Å². The van der Waals surface area contributed by atoms with Gasteiger partial charge in [0.05, 0.1) is 6.04 Å². The number of halogens is 1. The lowest BCUT2D eigenvalue weighted by Crippen LogP contribution is -2.40. The number of carbonyl (C=O) groups is 1. The second-order valence-corrected chi connectivity index (χ2v) is 6.48. The molecule has 1 spiro atoms. The predicted molar refractivity (Wildman–Crippen MR) is 90.4 cm³/mol. The molecule has 2 fully saturated rings. The van der Waals surface area contributed by atoms with Crippen LogP contribution in [0.4, 0.5) is 5.69 Å². The van der Waals surface area contributed by atoms with Gasteiger partial charge in [0.2, 0.25) is 5.91 Å². The highest BCUT2D eigenvalue weighted by atomic mass is 35.5. The second kappa shape index (κ2) is 6.57. The summed E-state index contributed by atoms with van der Waals surface area (Å²) in [5.74, 6) is 1.11. The number of fused-ring (bicyclic) bond motifs is 1. The molecule has 1 aliphatic carbocycles. The molecule has 0 aromatic heterocycles. The Hall–Kier alpha value is -1.46. The molecule has 1 aromatic rings. The summed E-state index contributed by atoms with van der Waals surface area (Å²) in [4.78, 5) is 12.2. The minimum atomic E-state index is -0.462. The summed E-state index contributed by atoms with van der Waals surface area (Å²) in [6.45, 7) is 0.918. The molecule has 5 nitrogen and oxygen atoms in total. The largest absolute Gasteiger partial charge is 0.448 e. The van der Waals surface area contributed by atoms with Gasteiger partial charge in [-0.3, -0.25) is 4.79 Å². The lowest BCUT2D eigenvalue weighted by molar-refractivity contribution is -0.117. The molecule has 1 unspecified atom stereocenters. The lowest BCUT2D eigenvalue weighted by atomic mass is 9.94. The van der Waals surface area contributed by atoms with E-state index < -0.39 is 5.79 Å². The van der Waals surface area contributed by atoms with Crippen LogP contribution in [0.3, 0.4) is 0 Å². The Labute approximate surface area is 142 Å². The number of hydrogen-bond donors (Lipinski definition) is 2. The highest BCUT2D eigenvalue weighted by molar-refractivity contribution is 5.95. The maximum atomic E-state index is 12.2. The number of nitrogens with one attached hydrogen (secondary N) is 2. The fourth-order valence-electron chi connectivity index (χ4n) is 3.60. The molecule has 23 heavy (non-hydrogen) atoms. The van der Waals surface area contributed by atoms with Crippen molar-refractivity contribution in [1.82, 2.24) is 5.32 Å². The molecule has 4 rings (SSSR count). The SMILES string of the molecule is Cl.O=C(Nc1ccc2c(c1)OC1(CCCCC1)O2)C1CCCN1. The summed E-state index contributed by atoms with van der Waals surface area (Å²) >= 11 is 0. The van der Waals surface area contributed by atoms with Crippen molar-refractivity contribution >= 4 is 24.0 Å². The number of carbonyl (C=O) groups excluding carboxylic acids is 1. The fraction of sp³-hybridized carbons (Fsp3) is 0.588. The summed E-state index contributed by atoms with van der Waals surface area (Å²) in [7, 11) is 0. The van der Waals surface area contributed by atoms with Crippen LogP contribution in [0, 0.1) is 0 Å². The van der Waals surface area contributed by atoms with Crippen molar-refractivity contribution < 1.29 is 14.3 Å². The van der Waals surface area contributed by atoms with Crippen molar-refractivity contribution in [3.8, 4) is 11.5 Å². The first-order valence-corrected chi connectivity index (χ1v) is 8.30. The molecule has 1 atom stereocenters. The van der Waals surface area contributed by atoms with Crippen LogP contribution in [0.2, 0.25) is 0 Å². The van der Waals surface area contributed by atoms with Crippen LogP contribution in [0.1, 0.15) is 44.9 Å². The normalized spacial score (nSPS) is 24.3. The summed E-state index contributed by atoms with van der Waals surface area (Å²) in [5, 5.41) is 6.18. The molecule has 3 aliphatic rings. The molecule has 0 bridgehead atoms. The Bertz CT molecular complexity index is 581. The molecule has 2 aliphatic heterocycles. The van der Waals surface area contributed by atoms with Crippen LogP contribution in [-0.2, 0) is 4.79 Å². The first-order valence-electron chi connectivity index (χ1n) is 8.30. The molecule has 1 amide bonds. The first kappa shape index (κ1) is 16.4. The van der Waals surface area contributed by atoms with Crippen molar-refractivity contribution in [2.45, 2.75) is 56.8 Å². The Kier molecular flexibility index (Phi) is 4.69. The van der Waals surface area contributed by atoms with Crippen molar-refractivity contribution in [2.24, 2.45) is 0 Å². The third kappa shape index (κ3) is 3.26. The third-order valence-electron chi connectivity index (χ3n) is 4.80. The van der Waals surface area contributed by atoms with Gasteiger partial charge in [0, 0.05) is 24.6 Å². The molecule has 2 N–H and O–H groups in total. The zero-order valence-corrected chi connectivity index (χ0v) is 13.9. The van der Waals surface area contributed by atoms with Crippen LogP contribution in [0.5, 0.6) is 11.5 Å².